The Balaban J connectivity index is 1.39. The molecule has 4 N–H and O–H groups in total. The summed E-state index contributed by atoms with van der Waals surface area (Å²) in [7, 11) is -3.68. The Morgan fingerprint density at radius 3 is 2.40 bits per heavy atom. The maximum Gasteiger partial charge on any atom is 0.287 e. The van der Waals surface area contributed by atoms with Crippen LogP contribution in [0.1, 0.15) is 33.7 Å². The van der Waals surface area contributed by atoms with E-state index in [1.165, 1.54) is 24.3 Å². The van der Waals surface area contributed by atoms with E-state index in [2.05, 4.69) is 25.8 Å². The quantitative estimate of drug-likeness (QED) is 0.445. The smallest absolute Gasteiger partial charge is 0.272 e. The third-order valence-electron chi connectivity index (χ3n) is 4.49. The summed E-state index contributed by atoms with van der Waals surface area (Å²) in [4.78, 5) is 24.6. The molecular weight excluding hydrogens is 406 g/mol. The van der Waals surface area contributed by atoms with Gasteiger partial charge in [-0.1, -0.05) is 36.4 Å². The van der Waals surface area contributed by atoms with Crippen molar-refractivity contribution in [2.24, 2.45) is 0 Å². The van der Waals surface area contributed by atoms with Crippen LogP contribution in [-0.4, -0.2) is 36.5 Å². The Kier molecular flexibility index (Phi) is 5.34. The van der Waals surface area contributed by atoms with Gasteiger partial charge in [-0.15, -0.1) is 0 Å². The Labute approximate surface area is 172 Å². The van der Waals surface area contributed by atoms with Gasteiger partial charge in [0.2, 0.25) is 10.0 Å². The average Bonchev–Trinajstić information content (AvgIpc) is 3.42. The molecule has 1 aromatic heterocycles. The predicted octanol–water partition coefficient (Wildman–Crippen LogP) is 1.59. The molecule has 2 amide bonds. The van der Waals surface area contributed by atoms with Gasteiger partial charge in [0.25, 0.3) is 11.8 Å². The van der Waals surface area contributed by atoms with Gasteiger partial charge in [-0.2, -0.15) is 5.10 Å². The molecule has 9 nitrogen and oxygen atoms in total. The largest absolute Gasteiger partial charge is 0.287 e. The normalized spacial score (nSPS) is 13.6. The van der Waals surface area contributed by atoms with E-state index in [0.717, 1.165) is 18.4 Å². The van der Waals surface area contributed by atoms with Gasteiger partial charge in [-0.3, -0.25) is 25.5 Å². The first-order chi connectivity index (χ1) is 14.4. The van der Waals surface area contributed by atoms with Crippen LogP contribution in [0.4, 0.5) is 0 Å². The second-order valence-corrected chi connectivity index (χ2v) is 8.58. The summed E-state index contributed by atoms with van der Waals surface area (Å²) < 4.78 is 27.2. The minimum absolute atomic E-state index is 0.00514. The lowest BCUT2D eigenvalue weighted by Crippen LogP contribution is -2.41. The van der Waals surface area contributed by atoms with Crippen LogP contribution in [0, 0.1) is 0 Å². The van der Waals surface area contributed by atoms with E-state index in [1.54, 1.807) is 6.07 Å². The van der Waals surface area contributed by atoms with Gasteiger partial charge >= 0.3 is 0 Å². The number of nitrogens with zero attached hydrogens (tertiary/aromatic N) is 1. The molecule has 3 aromatic rings. The molecule has 4 rings (SSSR count). The standard InChI is InChI=1S/C20H19N5O4S/c26-19(14-7-4-8-16(11-14)30(28,29)25-15-9-10-15)23-24-20(27)18-12-17(21-22-18)13-5-2-1-3-6-13/h1-8,11-12,15,25H,9-10H2,(H,21,22)(H,23,26)(H,24,27). The first kappa shape index (κ1) is 19.8. The lowest BCUT2D eigenvalue weighted by Gasteiger charge is -2.09. The number of aromatic amines is 1. The molecule has 0 spiro atoms. The number of benzene rings is 2. The SMILES string of the molecule is O=C(NNC(=O)c1cc(-c2ccccc2)n[nH]1)c1cccc(S(=O)(=O)NC2CC2)c1. The molecule has 154 valence electrons. The zero-order chi connectivity index (χ0) is 21.1. The molecule has 1 fully saturated rings. The maximum absolute atomic E-state index is 12.4. The second-order valence-electron chi connectivity index (χ2n) is 6.86. The Bertz CT molecular complexity index is 1190. The molecule has 1 heterocycles. The fourth-order valence-corrected chi connectivity index (χ4v) is 4.09. The highest BCUT2D eigenvalue weighted by molar-refractivity contribution is 7.89. The molecule has 0 saturated heterocycles. The lowest BCUT2D eigenvalue weighted by atomic mass is 10.1. The number of carbonyl (C=O) groups excluding carboxylic acids is 2. The number of amides is 2. The number of rotatable bonds is 6. The number of nitrogens with one attached hydrogen (secondary N) is 4. The van der Waals surface area contributed by atoms with Gasteiger partial charge in [0.05, 0.1) is 10.6 Å². The second kappa shape index (κ2) is 8.09. The van der Waals surface area contributed by atoms with Gasteiger partial charge < -0.3 is 0 Å². The summed E-state index contributed by atoms with van der Waals surface area (Å²) in [5, 5.41) is 6.71. The molecule has 30 heavy (non-hydrogen) atoms. The van der Waals surface area contributed by atoms with Crippen molar-refractivity contribution in [3.63, 3.8) is 0 Å². The van der Waals surface area contributed by atoms with E-state index in [9.17, 15) is 18.0 Å². The fourth-order valence-electron chi connectivity index (χ4n) is 2.74. The maximum atomic E-state index is 12.4. The highest BCUT2D eigenvalue weighted by atomic mass is 32.2. The van der Waals surface area contributed by atoms with Gasteiger partial charge in [0.1, 0.15) is 5.69 Å². The summed E-state index contributed by atoms with van der Waals surface area (Å²) in [5.41, 5.74) is 6.26. The third-order valence-corrected chi connectivity index (χ3v) is 6.01. The van der Waals surface area contributed by atoms with Crippen LogP contribution in [-0.2, 0) is 10.0 Å². The number of hydrogen-bond donors (Lipinski definition) is 4. The van der Waals surface area contributed by atoms with Crippen LogP contribution in [0.2, 0.25) is 0 Å². The molecule has 0 aliphatic heterocycles. The number of hydrazine groups is 1. The van der Waals surface area contributed by atoms with Crippen molar-refractivity contribution in [1.82, 2.24) is 25.8 Å². The van der Waals surface area contributed by atoms with Crippen LogP contribution in [0.3, 0.4) is 0 Å². The summed E-state index contributed by atoms with van der Waals surface area (Å²) in [6, 6.07) is 16.4. The molecule has 10 heteroatoms. The summed E-state index contributed by atoms with van der Waals surface area (Å²) in [6.07, 6.45) is 1.62. The van der Waals surface area contributed by atoms with E-state index >= 15 is 0 Å². The van der Waals surface area contributed by atoms with E-state index in [1.807, 2.05) is 30.3 Å². The Morgan fingerprint density at radius 1 is 0.933 bits per heavy atom. The molecular formula is C20H19N5O4S. The van der Waals surface area contributed by atoms with Crippen molar-refractivity contribution in [2.45, 2.75) is 23.8 Å². The zero-order valence-electron chi connectivity index (χ0n) is 15.8. The van der Waals surface area contributed by atoms with Crippen LogP contribution in [0.5, 0.6) is 0 Å². The zero-order valence-corrected chi connectivity index (χ0v) is 16.6. The van der Waals surface area contributed by atoms with Gasteiger partial charge in [0, 0.05) is 17.2 Å². The van der Waals surface area contributed by atoms with Crippen LogP contribution >= 0.6 is 0 Å². The first-order valence-corrected chi connectivity index (χ1v) is 10.7. The Morgan fingerprint density at radius 2 is 1.67 bits per heavy atom. The number of H-pyrrole nitrogens is 1. The number of aromatic nitrogens is 2. The van der Waals surface area contributed by atoms with Gasteiger partial charge in [-0.25, -0.2) is 13.1 Å². The molecule has 1 aliphatic rings. The molecule has 0 bridgehead atoms. The van der Waals surface area contributed by atoms with E-state index in [4.69, 9.17) is 0 Å². The molecule has 2 aromatic carbocycles. The summed E-state index contributed by atoms with van der Waals surface area (Å²) in [5.74, 6) is -1.23. The summed E-state index contributed by atoms with van der Waals surface area (Å²) >= 11 is 0. The fraction of sp³-hybridized carbons (Fsp3) is 0.150. The minimum Gasteiger partial charge on any atom is -0.272 e. The third kappa shape index (κ3) is 4.56. The van der Waals surface area contributed by atoms with E-state index < -0.39 is 21.8 Å². The van der Waals surface area contributed by atoms with E-state index in [0.29, 0.717) is 5.69 Å². The van der Waals surface area contributed by atoms with Gasteiger partial charge in [-0.05, 0) is 37.1 Å². The first-order valence-electron chi connectivity index (χ1n) is 9.26. The van der Waals surface area contributed by atoms with Crippen molar-refractivity contribution in [1.29, 1.82) is 0 Å². The highest BCUT2D eigenvalue weighted by Gasteiger charge is 2.28. The van der Waals surface area contributed by atoms with Crippen LogP contribution in [0.15, 0.2) is 65.6 Å². The lowest BCUT2D eigenvalue weighted by molar-refractivity contribution is 0.0844. The van der Waals surface area contributed by atoms with Crippen LogP contribution < -0.4 is 15.6 Å². The van der Waals surface area contributed by atoms with Crippen molar-refractivity contribution in [2.75, 3.05) is 0 Å². The number of hydrogen-bond acceptors (Lipinski definition) is 5. The number of carbonyl (C=O) groups is 2. The molecule has 1 saturated carbocycles. The predicted molar refractivity (Wildman–Crippen MR) is 109 cm³/mol. The average molecular weight is 425 g/mol. The molecule has 1 aliphatic carbocycles. The molecule has 0 unspecified atom stereocenters. The minimum atomic E-state index is -3.68. The monoisotopic (exact) mass is 425 g/mol. The van der Waals surface area contributed by atoms with Crippen molar-refractivity contribution in [3.05, 3.63) is 71.9 Å². The Hall–Kier alpha value is -3.50. The van der Waals surface area contributed by atoms with Crippen molar-refractivity contribution < 1.29 is 18.0 Å². The topological polar surface area (TPSA) is 133 Å². The van der Waals surface area contributed by atoms with Crippen LogP contribution in [0.25, 0.3) is 11.3 Å². The summed E-state index contributed by atoms with van der Waals surface area (Å²) in [6.45, 7) is 0. The van der Waals surface area contributed by atoms with Gasteiger partial charge in [0.15, 0.2) is 0 Å². The van der Waals surface area contributed by atoms with Crippen molar-refractivity contribution >= 4 is 21.8 Å². The van der Waals surface area contributed by atoms with Crippen molar-refractivity contribution in [3.8, 4) is 11.3 Å². The molecule has 0 radical (unpaired) electrons. The van der Waals surface area contributed by atoms with E-state index in [-0.39, 0.29) is 22.2 Å². The highest BCUT2D eigenvalue weighted by Crippen LogP contribution is 2.22. The number of sulfonamides is 1. The molecule has 0 atom stereocenters.